The van der Waals surface area contributed by atoms with Gasteiger partial charge >= 0.3 is 11.8 Å². The van der Waals surface area contributed by atoms with Crippen molar-refractivity contribution in [1.29, 1.82) is 0 Å². The van der Waals surface area contributed by atoms with Crippen LogP contribution in [0, 0.1) is 10.1 Å². The minimum atomic E-state index is -0.517. The Morgan fingerprint density at radius 3 is 2.89 bits per heavy atom. The number of ether oxygens (including phenoxy) is 1. The van der Waals surface area contributed by atoms with Gasteiger partial charge in [-0.1, -0.05) is 6.42 Å². The van der Waals surface area contributed by atoms with Crippen molar-refractivity contribution in [2.24, 2.45) is 0 Å². The van der Waals surface area contributed by atoms with Gasteiger partial charge in [0.1, 0.15) is 6.20 Å². The first-order chi connectivity index (χ1) is 8.63. The van der Waals surface area contributed by atoms with E-state index >= 15 is 0 Å². The lowest BCUT2D eigenvalue weighted by atomic mass is 10.2. The molecule has 7 heteroatoms. The van der Waals surface area contributed by atoms with Gasteiger partial charge in [0.2, 0.25) is 6.33 Å². The van der Waals surface area contributed by atoms with Crippen LogP contribution in [-0.4, -0.2) is 27.1 Å². The summed E-state index contributed by atoms with van der Waals surface area (Å²) in [4.78, 5) is 24.6. The first-order valence-electron chi connectivity index (χ1n) is 5.95. The zero-order valence-electron chi connectivity index (χ0n) is 10.4. The molecular weight excluding hydrogens is 238 g/mol. The molecule has 1 rings (SSSR count). The minimum absolute atomic E-state index is 0.137. The van der Waals surface area contributed by atoms with Crippen LogP contribution in [-0.2, 0) is 16.1 Å². The molecule has 0 saturated carbocycles. The third-order valence-electron chi connectivity index (χ3n) is 2.41. The third kappa shape index (κ3) is 4.94. The number of hydrogen-bond donors (Lipinski definition) is 0. The largest absolute Gasteiger partial charge is 0.466 e. The van der Waals surface area contributed by atoms with Crippen LogP contribution >= 0.6 is 0 Å². The summed E-state index contributed by atoms with van der Waals surface area (Å²) in [6, 6.07) is 0. The highest BCUT2D eigenvalue weighted by Gasteiger charge is 2.09. The van der Waals surface area contributed by atoms with E-state index in [1.54, 1.807) is 11.5 Å². The quantitative estimate of drug-likeness (QED) is 0.306. The standard InChI is InChI=1S/C11H17N3O4/c1-2-18-11(15)6-4-3-5-7-13-8-10(12-9-13)14(16)17/h8-9H,2-7H2,1H3. The summed E-state index contributed by atoms with van der Waals surface area (Å²) in [5, 5.41) is 10.4. The Morgan fingerprint density at radius 2 is 2.28 bits per heavy atom. The summed E-state index contributed by atoms with van der Waals surface area (Å²) in [6.45, 7) is 2.87. The van der Waals surface area contributed by atoms with E-state index in [0.717, 1.165) is 19.3 Å². The number of rotatable bonds is 8. The zero-order valence-corrected chi connectivity index (χ0v) is 10.4. The summed E-state index contributed by atoms with van der Waals surface area (Å²) >= 11 is 0. The molecule has 0 fully saturated rings. The molecule has 0 aliphatic heterocycles. The molecule has 1 aromatic heterocycles. The number of carbonyl (C=O) groups is 1. The molecule has 0 aliphatic rings. The fraction of sp³-hybridized carbons (Fsp3) is 0.636. The normalized spacial score (nSPS) is 10.3. The second-order valence-corrected chi connectivity index (χ2v) is 3.84. The van der Waals surface area contributed by atoms with Gasteiger partial charge in [-0.05, 0) is 29.7 Å². The van der Waals surface area contributed by atoms with Crippen molar-refractivity contribution in [3.8, 4) is 0 Å². The average molecular weight is 255 g/mol. The van der Waals surface area contributed by atoms with Gasteiger partial charge in [0.05, 0.1) is 6.61 Å². The Kier molecular flexibility index (Phi) is 5.83. The van der Waals surface area contributed by atoms with Crippen LogP contribution in [0.3, 0.4) is 0 Å². The van der Waals surface area contributed by atoms with Crippen LogP contribution in [0.2, 0.25) is 0 Å². The van der Waals surface area contributed by atoms with Crippen LogP contribution in [0.15, 0.2) is 12.5 Å². The lowest BCUT2D eigenvalue weighted by Crippen LogP contribution is -2.03. The van der Waals surface area contributed by atoms with Gasteiger partial charge in [0, 0.05) is 13.0 Å². The Bertz CT molecular complexity index is 403. The first kappa shape index (κ1) is 14.1. The van der Waals surface area contributed by atoms with E-state index in [2.05, 4.69) is 4.98 Å². The van der Waals surface area contributed by atoms with E-state index in [9.17, 15) is 14.9 Å². The lowest BCUT2D eigenvalue weighted by Gasteiger charge is -2.02. The maximum absolute atomic E-state index is 11.0. The maximum Gasteiger partial charge on any atom is 0.381 e. The van der Waals surface area contributed by atoms with Crippen molar-refractivity contribution in [2.75, 3.05) is 6.61 Å². The number of nitro groups is 1. The van der Waals surface area contributed by atoms with Crippen LogP contribution in [0.25, 0.3) is 0 Å². The summed E-state index contributed by atoms with van der Waals surface area (Å²) < 4.78 is 6.49. The van der Waals surface area contributed by atoms with Gasteiger partial charge < -0.3 is 19.4 Å². The predicted octanol–water partition coefficient (Wildman–Crippen LogP) is 1.91. The second-order valence-electron chi connectivity index (χ2n) is 3.84. The van der Waals surface area contributed by atoms with E-state index in [-0.39, 0.29) is 11.8 Å². The predicted molar refractivity (Wildman–Crippen MR) is 64.0 cm³/mol. The second kappa shape index (κ2) is 7.41. The minimum Gasteiger partial charge on any atom is -0.466 e. The third-order valence-corrected chi connectivity index (χ3v) is 2.41. The van der Waals surface area contributed by atoms with E-state index in [0.29, 0.717) is 19.6 Å². The SMILES string of the molecule is CCOC(=O)CCCCCn1cnc([N+](=O)[O-])c1. The molecule has 0 radical (unpaired) electrons. The molecule has 0 aromatic carbocycles. The first-order valence-corrected chi connectivity index (χ1v) is 5.95. The Hall–Kier alpha value is -1.92. The van der Waals surface area contributed by atoms with E-state index < -0.39 is 4.92 Å². The van der Waals surface area contributed by atoms with Crippen LogP contribution in [0.5, 0.6) is 0 Å². The molecule has 0 unspecified atom stereocenters. The van der Waals surface area contributed by atoms with Crippen LogP contribution in [0.4, 0.5) is 5.82 Å². The number of carbonyl (C=O) groups excluding carboxylic acids is 1. The molecular formula is C11H17N3O4. The molecule has 1 aromatic rings. The smallest absolute Gasteiger partial charge is 0.381 e. The Morgan fingerprint density at radius 1 is 1.50 bits per heavy atom. The molecule has 0 spiro atoms. The number of aromatic nitrogens is 2. The Labute approximate surface area is 105 Å². The fourth-order valence-electron chi connectivity index (χ4n) is 1.54. The van der Waals surface area contributed by atoms with E-state index in [4.69, 9.17) is 4.74 Å². The highest BCUT2D eigenvalue weighted by atomic mass is 16.6. The molecule has 0 amide bonds. The molecule has 0 bridgehead atoms. The van der Waals surface area contributed by atoms with Crippen molar-refractivity contribution in [1.82, 2.24) is 9.55 Å². The zero-order chi connectivity index (χ0) is 13.4. The topological polar surface area (TPSA) is 87.3 Å². The molecule has 18 heavy (non-hydrogen) atoms. The highest BCUT2D eigenvalue weighted by Crippen LogP contribution is 2.08. The number of nitrogens with zero attached hydrogens (tertiary/aromatic N) is 3. The van der Waals surface area contributed by atoms with Gasteiger partial charge in [-0.15, -0.1) is 0 Å². The molecule has 1 heterocycles. The number of imidazole rings is 1. The van der Waals surface area contributed by atoms with Crippen molar-refractivity contribution in [2.45, 2.75) is 39.2 Å². The van der Waals surface area contributed by atoms with Crippen LogP contribution < -0.4 is 0 Å². The lowest BCUT2D eigenvalue weighted by molar-refractivity contribution is -0.389. The summed E-state index contributed by atoms with van der Waals surface area (Å²) in [5.41, 5.74) is 0. The van der Waals surface area contributed by atoms with E-state index in [1.807, 2.05) is 0 Å². The van der Waals surface area contributed by atoms with Crippen LogP contribution in [0.1, 0.15) is 32.6 Å². The van der Waals surface area contributed by atoms with Crippen molar-refractivity contribution >= 4 is 11.8 Å². The summed E-state index contributed by atoms with van der Waals surface area (Å²) in [6.07, 6.45) is 5.79. The van der Waals surface area contributed by atoms with Gasteiger partial charge in [-0.25, -0.2) is 0 Å². The van der Waals surface area contributed by atoms with Crippen molar-refractivity contribution < 1.29 is 14.5 Å². The van der Waals surface area contributed by atoms with Gasteiger partial charge in [-0.2, -0.15) is 0 Å². The molecule has 0 saturated heterocycles. The maximum atomic E-state index is 11.0. The van der Waals surface area contributed by atoms with Gasteiger partial charge in [-0.3, -0.25) is 4.79 Å². The number of unbranched alkanes of at least 4 members (excludes halogenated alkanes) is 2. The fourth-order valence-corrected chi connectivity index (χ4v) is 1.54. The molecule has 0 atom stereocenters. The molecule has 0 N–H and O–H groups in total. The van der Waals surface area contributed by atoms with E-state index in [1.165, 1.54) is 12.5 Å². The Balaban J connectivity index is 2.14. The average Bonchev–Trinajstić information content (AvgIpc) is 2.78. The summed E-state index contributed by atoms with van der Waals surface area (Å²) in [7, 11) is 0. The summed E-state index contributed by atoms with van der Waals surface area (Å²) in [5.74, 6) is -0.308. The van der Waals surface area contributed by atoms with Gasteiger partial charge in [0.25, 0.3) is 0 Å². The van der Waals surface area contributed by atoms with Crippen molar-refractivity contribution in [3.63, 3.8) is 0 Å². The monoisotopic (exact) mass is 255 g/mol. The molecule has 0 aliphatic carbocycles. The molecule has 7 nitrogen and oxygen atoms in total. The highest BCUT2D eigenvalue weighted by molar-refractivity contribution is 5.69. The number of esters is 1. The number of hydrogen-bond acceptors (Lipinski definition) is 5. The van der Waals surface area contributed by atoms with Gasteiger partial charge in [0.15, 0.2) is 0 Å². The molecule has 100 valence electrons. The number of aryl methyl sites for hydroxylation is 1. The van der Waals surface area contributed by atoms with Crippen molar-refractivity contribution in [3.05, 3.63) is 22.6 Å².